The zero-order valence-electron chi connectivity index (χ0n) is 12.4. The Bertz CT molecular complexity index is 430. The standard InChI is InChI=1S/C13H21BN2O3/c1-9(2)17-11-15-7-10(8-16-11)14-18-12(3,4)13(5,6)19-14/h7-9H,1-6H3. The summed E-state index contributed by atoms with van der Waals surface area (Å²) in [6.45, 7) is 11.9. The van der Waals surface area contributed by atoms with Crippen molar-refractivity contribution in [1.29, 1.82) is 0 Å². The third-order valence-corrected chi connectivity index (χ3v) is 3.51. The highest BCUT2D eigenvalue weighted by Gasteiger charge is 2.51. The quantitative estimate of drug-likeness (QED) is 0.775. The van der Waals surface area contributed by atoms with Crippen molar-refractivity contribution in [2.75, 3.05) is 0 Å². The van der Waals surface area contributed by atoms with Gasteiger partial charge in [-0.05, 0) is 41.5 Å². The SMILES string of the molecule is CC(C)Oc1ncc(B2OC(C)(C)C(C)(C)O2)cn1. The first-order valence-corrected chi connectivity index (χ1v) is 6.55. The largest absolute Gasteiger partial charge is 0.498 e. The molecule has 0 saturated carbocycles. The minimum absolute atomic E-state index is 0.0581. The van der Waals surface area contributed by atoms with Crippen LogP contribution < -0.4 is 10.2 Å². The molecule has 0 spiro atoms. The number of hydrogen-bond donors (Lipinski definition) is 0. The molecule has 1 fully saturated rings. The van der Waals surface area contributed by atoms with Gasteiger partial charge in [0.15, 0.2) is 0 Å². The minimum atomic E-state index is -0.432. The van der Waals surface area contributed by atoms with E-state index in [-0.39, 0.29) is 17.3 Å². The van der Waals surface area contributed by atoms with Crippen molar-refractivity contribution >= 4 is 12.6 Å². The summed E-state index contributed by atoms with van der Waals surface area (Å²) in [6.07, 6.45) is 3.43. The summed E-state index contributed by atoms with van der Waals surface area (Å²) in [6, 6.07) is 0.371. The van der Waals surface area contributed by atoms with E-state index in [0.29, 0.717) is 6.01 Å². The van der Waals surface area contributed by atoms with Gasteiger partial charge in [-0.3, -0.25) is 0 Å². The Labute approximate surface area is 114 Å². The maximum atomic E-state index is 5.93. The zero-order valence-corrected chi connectivity index (χ0v) is 12.4. The lowest BCUT2D eigenvalue weighted by Crippen LogP contribution is -2.41. The number of aromatic nitrogens is 2. The Morgan fingerprint density at radius 2 is 1.53 bits per heavy atom. The lowest BCUT2D eigenvalue weighted by Gasteiger charge is -2.32. The highest BCUT2D eigenvalue weighted by molar-refractivity contribution is 6.61. The smallest absolute Gasteiger partial charge is 0.461 e. The van der Waals surface area contributed by atoms with Crippen molar-refractivity contribution in [2.45, 2.75) is 58.8 Å². The lowest BCUT2D eigenvalue weighted by molar-refractivity contribution is 0.00578. The molecule has 0 amide bonds. The fourth-order valence-corrected chi connectivity index (χ4v) is 1.70. The predicted molar refractivity (Wildman–Crippen MR) is 73.5 cm³/mol. The first kappa shape index (κ1) is 14.3. The summed E-state index contributed by atoms with van der Waals surface area (Å²) in [5, 5.41) is 0. The third-order valence-electron chi connectivity index (χ3n) is 3.51. The van der Waals surface area contributed by atoms with Crippen LogP contribution in [0.5, 0.6) is 6.01 Å². The molecule has 1 aromatic rings. The average Bonchev–Trinajstić information content (AvgIpc) is 2.48. The van der Waals surface area contributed by atoms with Gasteiger partial charge in [-0.2, -0.15) is 0 Å². The molecule has 0 N–H and O–H groups in total. The first-order chi connectivity index (χ1) is 8.71. The van der Waals surface area contributed by atoms with Crippen molar-refractivity contribution in [3.8, 4) is 6.01 Å². The second-order valence-electron chi connectivity index (χ2n) is 6.05. The molecular formula is C13H21BN2O3. The van der Waals surface area contributed by atoms with Gasteiger partial charge in [0.05, 0.1) is 17.3 Å². The lowest BCUT2D eigenvalue weighted by atomic mass is 9.81. The maximum absolute atomic E-state index is 5.93. The van der Waals surface area contributed by atoms with Gasteiger partial charge in [0.25, 0.3) is 0 Å². The molecule has 0 aliphatic carbocycles. The van der Waals surface area contributed by atoms with Crippen LogP contribution in [0.3, 0.4) is 0 Å². The molecular weight excluding hydrogens is 243 g/mol. The number of hydrogen-bond acceptors (Lipinski definition) is 5. The molecule has 0 bridgehead atoms. The van der Waals surface area contributed by atoms with Crippen LogP contribution in [-0.4, -0.2) is 34.4 Å². The van der Waals surface area contributed by atoms with Gasteiger partial charge in [-0.1, -0.05) is 0 Å². The molecule has 0 atom stereocenters. The molecule has 1 aliphatic rings. The third kappa shape index (κ3) is 2.90. The van der Waals surface area contributed by atoms with Crippen molar-refractivity contribution in [3.63, 3.8) is 0 Å². The van der Waals surface area contributed by atoms with Crippen molar-refractivity contribution in [1.82, 2.24) is 9.97 Å². The highest BCUT2D eigenvalue weighted by atomic mass is 16.7. The van der Waals surface area contributed by atoms with Crippen LogP contribution in [-0.2, 0) is 9.31 Å². The first-order valence-electron chi connectivity index (χ1n) is 6.55. The molecule has 1 aromatic heterocycles. The molecule has 19 heavy (non-hydrogen) atoms. The van der Waals surface area contributed by atoms with Gasteiger partial charge in [0.1, 0.15) is 0 Å². The fraction of sp³-hybridized carbons (Fsp3) is 0.692. The summed E-state index contributed by atoms with van der Waals surface area (Å²) < 4.78 is 17.3. The van der Waals surface area contributed by atoms with Crippen molar-refractivity contribution in [3.05, 3.63) is 12.4 Å². The molecule has 0 aromatic carbocycles. The Hall–Kier alpha value is -1.14. The Kier molecular flexibility index (Phi) is 3.58. The number of nitrogens with zero attached hydrogens (tertiary/aromatic N) is 2. The van der Waals surface area contributed by atoms with E-state index >= 15 is 0 Å². The van der Waals surface area contributed by atoms with E-state index in [9.17, 15) is 0 Å². The Morgan fingerprint density at radius 1 is 1.05 bits per heavy atom. The summed E-state index contributed by atoms with van der Waals surface area (Å²) >= 11 is 0. The minimum Gasteiger partial charge on any atom is -0.461 e. The normalized spacial score (nSPS) is 20.9. The zero-order chi connectivity index (χ0) is 14.3. The molecule has 2 heterocycles. The van der Waals surface area contributed by atoms with E-state index in [1.165, 1.54) is 0 Å². The Morgan fingerprint density at radius 3 is 1.95 bits per heavy atom. The van der Waals surface area contributed by atoms with Gasteiger partial charge in [0.2, 0.25) is 0 Å². The monoisotopic (exact) mass is 264 g/mol. The summed E-state index contributed by atoms with van der Waals surface area (Å²) in [7, 11) is -0.432. The van der Waals surface area contributed by atoms with Gasteiger partial charge >= 0.3 is 13.1 Å². The molecule has 0 radical (unpaired) electrons. The van der Waals surface area contributed by atoms with Crippen LogP contribution >= 0.6 is 0 Å². The van der Waals surface area contributed by atoms with Gasteiger partial charge in [-0.15, -0.1) is 0 Å². The van der Waals surface area contributed by atoms with Crippen LogP contribution in [0.2, 0.25) is 0 Å². The topological polar surface area (TPSA) is 53.5 Å². The molecule has 104 valence electrons. The molecule has 1 saturated heterocycles. The average molecular weight is 264 g/mol. The molecule has 5 nitrogen and oxygen atoms in total. The van der Waals surface area contributed by atoms with E-state index in [0.717, 1.165) is 5.46 Å². The van der Waals surface area contributed by atoms with Gasteiger partial charge < -0.3 is 14.0 Å². The van der Waals surface area contributed by atoms with E-state index in [2.05, 4.69) is 9.97 Å². The highest BCUT2D eigenvalue weighted by Crippen LogP contribution is 2.36. The van der Waals surface area contributed by atoms with Crippen LogP contribution in [0.25, 0.3) is 0 Å². The van der Waals surface area contributed by atoms with Crippen LogP contribution in [0.15, 0.2) is 12.4 Å². The summed E-state index contributed by atoms with van der Waals surface area (Å²) in [5.41, 5.74) is 0.0879. The fourth-order valence-electron chi connectivity index (χ4n) is 1.70. The van der Waals surface area contributed by atoms with Crippen LogP contribution in [0.1, 0.15) is 41.5 Å². The molecule has 1 aliphatic heterocycles. The Balaban J connectivity index is 2.12. The van der Waals surface area contributed by atoms with E-state index in [4.69, 9.17) is 14.0 Å². The van der Waals surface area contributed by atoms with Crippen molar-refractivity contribution < 1.29 is 14.0 Å². The van der Waals surface area contributed by atoms with Crippen LogP contribution in [0.4, 0.5) is 0 Å². The van der Waals surface area contributed by atoms with E-state index in [1.54, 1.807) is 12.4 Å². The van der Waals surface area contributed by atoms with E-state index in [1.807, 2.05) is 41.5 Å². The maximum Gasteiger partial charge on any atom is 0.498 e. The second kappa shape index (κ2) is 4.76. The predicted octanol–water partition coefficient (Wildman–Crippen LogP) is 1.56. The van der Waals surface area contributed by atoms with Crippen molar-refractivity contribution in [2.24, 2.45) is 0 Å². The van der Waals surface area contributed by atoms with E-state index < -0.39 is 7.12 Å². The summed E-state index contributed by atoms with van der Waals surface area (Å²) in [5.74, 6) is 0. The number of rotatable bonds is 3. The van der Waals surface area contributed by atoms with Gasteiger partial charge in [0, 0.05) is 17.9 Å². The molecule has 2 rings (SSSR count). The molecule has 6 heteroatoms. The number of ether oxygens (including phenoxy) is 1. The summed E-state index contributed by atoms with van der Waals surface area (Å²) in [4.78, 5) is 8.33. The second-order valence-corrected chi connectivity index (χ2v) is 6.05. The molecule has 0 unspecified atom stereocenters. The van der Waals surface area contributed by atoms with Crippen LogP contribution in [0, 0.1) is 0 Å². The van der Waals surface area contributed by atoms with Gasteiger partial charge in [-0.25, -0.2) is 9.97 Å².